The molecule has 23 heavy (non-hydrogen) atoms. The summed E-state index contributed by atoms with van der Waals surface area (Å²) in [6.07, 6.45) is 0.645. The lowest BCUT2D eigenvalue weighted by Crippen LogP contribution is -2.49. The van der Waals surface area contributed by atoms with Crippen LogP contribution >= 0.6 is 0 Å². The van der Waals surface area contributed by atoms with Gasteiger partial charge in [0.2, 0.25) is 5.91 Å². The predicted octanol–water partition coefficient (Wildman–Crippen LogP) is 2.94. The van der Waals surface area contributed by atoms with E-state index in [0.29, 0.717) is 12.2 Å². The monoisotopic (exact) mass is 327 g/mol. The van der Waals surface area contributed by atoms with Gasteiger partial charge in [0, 0.05) is 32.1 Å². The summed E-state index contributed by atoms with van der Waals surface area (Å²) in [7, 11) is 1.83. The Morgan fingerprint density at radius 3 is 2.61 bits per heavy atom. The van der Waals surface area contributed by atoms with E-state index in [0.717, 1.165) is 38.3 Å². The lowest BCUT2D eigenvalue weighted by molar-refractivity contribution is -0.141. The standard InChI is InChI=1S/C16H20F3N3O/c1-21(15(23)11-4-5-11)13-3-2-8-22(10-13)12-6-7-14(20-9-12)16(17,18)19/h6-7,9,11,13H,2-5,8,10H2,1H3. The van der Waals surface area contributed by atoms with Crippen molar-refractivity contribution in [2.24, 2.45) is 5.92 Å². The summed E-state index contributed by atoms with van der Waals surface area (Å²) in [6.45, 7) is 1.41. The van der Waals surface area contributed by atoms with Gasteiger partial charge in [0.25, 0.3) is 0 Å². The molecule has 1 unspecified atom stereocenters. The van der Waals surface area contributed by atoms with Crippen LogP contribution in [0.5, 0.6) is 0 Å². The quantitative estimate of drug-likeness (QED) is 0.856. The average Bonchev–Trinajstić information content (AvgIpc) is 3.38. The van der Waals surface area contributed by atoms with E-state index in [9.17, 15) is 18.0 Å². The van der Waals surface area contributed by atoms with Crippen LogP contribution in [0.4, 0.5) is 18.9 Å². The van der Waals surface area contributed by atoms with E-state index in [4.69, 9.17) is 0 Å². The first-order chi connectivity index (χ1) is 10.9. The van der Waals surface area contributed by atoms with Crippen molar-refractivity contribution in [3.8, 4) is 0 Å². The lowest BCUT2D eigenvalue weighted by Gasteiger charge is -2.38. The van der Waals surface area contributed by atoms with Gasteiger partial charge in [-0.1, -0.05) is 0 Å². The molecule has 1 atom stereocenters. The maximum absolute atomic E-state index is 12.6. The molecule has 0 spiro atoms. The number of halogens is 3. The maximum atomic E-state index is 12.6. The second kappa shape index (κ2) is 6.02. The van der Waals surface area contributed by atoms with Gasteiger partial charge in [0.15, 0.2) is 0 Å². The van der Waals surface area contributed by atoms with Crippen LogP contribution in [0, 0.1) is 5.92 Å². The Labute approximate surface area is 133 Å². The van der Waals surface area contributed by atoms with Gasteiger partial charge in [-0.05, 0) is 37.8 Å². The van der Waals surface area contributed by atoms with E-state index in [1.807, 2.05) is 16.8 Å². The SMILES string of the molecule is CN(C(=O)C1CC1)C1CCCN(c2ccc(C(F)(F)F)nc2)C1. The molecule has 0 radical (unpaired) electrons. The highest BCUT2D eigenvalue weighted by molar-refractivity contribution is 5.81. The van der Waals surface area contributed by atoms with Crippen LogP contribution < -0.4 is 4.90 Å². The van der Waals surface area contributed by atoms with Gasteiger partial charge >= 0.3 is 6.18 Å². The van der Waals surface area contributed by atoms with Gasteiger partial charge in [0.05, 0.1) is 11.9 Å². The molecule has 0 bridgehead atoms. The number of amides is 1. The first kappa shape index (κ1) is 16.1. The van der Waals surface area contributed by atoms with Crippen LogP contribution in [0.3, 0.4) is 0 Å². The Morgan fingerprint density at radius 1 is 1.30 bits per heavy atom. The number of likely N-dealkylation sites (N-methyl/N-ethyl adjacent to an activating group) is 1. The molecule has 7 heteroatoms. The van der Waals surface area contributed by atoms with Crippen molar-refractivity contribution in [3.05, 3.63) is 24.0 Å². The molecule has 2 aliphatic rings. The number of anilines is 1. The topological polar surface area (TPSA) is 36.4 Å². The highest BCUT2D eigenvalue weighted by Crippen LogP contribution is 2.33. The van der Waals surface area contributed by atoms with Crippen LogP contribution in [0.15, 0.2) is 18.3 Å². The highest BCUT2D eigenvalue weighted by atomic mass is 19.4. The lowest BCUT2D eigenvalue weighted by atomic mass is 10.0. The number of piperidine rings is 1. The molecule has 0 aromatic carbocycles. The van der Waals surface area contributed by atoms with Crippen molar-refractivity contribution in [1.82, 2.24) is 9.88 Å². The third kappa shape index (κ3) is 3.59. The van der Waals surface area contributed by atoms with Gasteiger partial charge < -0.3 is 9.80 Å². The molecule has 1 aromatic heterocycles. The number of carbonyl (C=O) groups excluding carboxylic acids is 1. The third-order valence-electron chi connectivity index (χ3n) is 4.62. The second-order valence-electron chi connectivity index (χ2n) is 6.36. The van der Waals surface area contributed by atoms with Crippen molar-refractivity contribution in [2.75, 3.05) is 25.0 Å². The van der Waals surface area contributed by atoms with Gasteiger partial charge in [-0.3, -0.25) is 4.79 Å². The minimum Gasteiger partial charge on any atom is -0.368 e. The predicted molar refractivity (Wildman–Crippen MR) is 80.0 cm³/mol. The molecule has 1 aliphatic carbocycles. The van der Waals surface area contributed by atoms with Crippen molar-refractivity contribution in [3.63, 3.8) is 0 Å². The number of hydrogen-bond acceptors (Lipinski definition) is 3. The molecular weight excluding hydrogens is 307 g/mol. The number of pyridine rings is 1. The minimum absolute atomic E-state index is 0.110. The zero-order valence-corrected chi connectivity index (χ0v) is 13.0. The van der Waals surface area contributed by atoms with Gasteiger partial charge in [-0.2, -0.15) is 13.2 Å². The van der Waals surface area contributed by atoms with E-state index >= 15 is 0 Å². The van der Waals surface area contributed by atoms with Crippen molar-refractivity contribution in [2.45, 2.75) is 37.9 Å². The number of nitrogens with zero attached hydrogens (tertiary/aromatic N) is 3. The Bertz CT molecular complexity index is 569. The van der Waals surface area contributed by atoms with E-state index < -0.39 is 11.9 Å². The van der Waals surface area contributed by atoms with Crippen molar-refractivity contribution >= 4 is 11.6 Å². The third-order valence-corrected chi connectivity index (χ3v) is 4.62. The van der Waals surface area contributed by atoms with Gasteiger partial charge in [-0.25, -0.2) is 4.98 Å². The Hall–Kier alpha value is -1.79. The van der Waals surface area contributed by atoms with E-state index in [-0.39, 0.29) is 17.9 Å². The minimum atomic E-state index is -4.42. The molecule has 2 heterocycles. The van der Waals surface area contributed by atoms with Crippen LogP contribution in [-0.4, -0.2) is 42.0 Å². The van der Waals surface area contributed by atoms with E-state index in [1.165, 1.54) is 12.3 Å². The van der Waals surface area contributed by atoms with E-state index in [2.05, 4.69) is 4.98 Å². The molecule has 0 N–H and O–H groups in total. The van der Waals surface area contributed by atoms with Crippen molar-refractivity contribution in [1.29, 1.82) is 0 Å². The first-order valence-corrected chi connectivity index (χ1v) is 7.91. The van der Waals surface area contributed by atoms with Crippen LogP contribution in [0.2, 0.25) is 0 Å². The maximum Gasteiger partial charge on any atom is 0.433 e. The molecular formula is C16H20F3N3O. The zero-order chi connectivity index (χ0) is 16.6. The second-order valence-corrected chi connectivity index (χ2v) is 6.36. The average molecular weight is 327 g/mol. The smallest absolute Gasteiger partial charge is 0.368 e. The summed E-state index contributed by atoms with van der Waals surface area (Å²) in [5.41, 5.74) is -0.203. The molecule has 3 rings (SSSR count). The fourth-order valence-electron chi connectivity index (χ4n) is 3.04. The van der Waals surface area contributed by atoms with Crippen LogP contribution in [0.25, 0.3) is 0 Å². The summed E-state index contributed by atoms with van der Waals surface area (Å²) in [5, 5.41) is 0. The Balaban J connectivity index is 1.67. The molecule has 1 amide bonds. The molecule has 4 nitrogen and oxygen atoms in total. The Morgan fingerprint density at radius 2 is 2.04 bits per heavy atom. The summed E-state index contributed by atoms with van der Waals surface area (Å²) in [6, 6.07) is 2.58. The molecule has 1 saturated heterocycles. The first-order valence-electron chi connectivity index (χ1n) is 7.91. The largest absolute Gasteiger partial charge is 0.433 e. The Kier molecular flexibility index (Phi) is 4.21. The summed E-state index contributed by atoms with van der Waals surface area (Å²) in [5.74, 6) is 0.380. The number of hydrogen-bond donors (Lipinski definition) is 0. The van der Waals surface area contributed by atoms with Gasteiger partial charge in [-0.15, -0.1) is 0 Å². The van der Waals surface area contributed by atoms with Crippen LogP contribution in [0.1, 0.15) is 31.4 Å². The summed E-state index contributed by atoms with van der Waals surface area (Å²) < 4.78 is 37.7. The van der Waals surface area contributed by atoms with E-state index in [1.54, 1.807) is 0 Å². The van der Waals surface area contributed by atoms with Gasteiger partial charge in [0.1, 0.15) is 5.69 Å². The fourth-order valence-corrected chi connectivity index (χ4v) is 3.04. The number of aromatic nitrogens is 1. The number of rotatable bonds is 3. The molecule has 126 valence electrons. The molecule has 1 aromatic rings. The molecule has 1 aliphatic heterocycles. The molecule has 1 saturated carbocycles. The van der Waals surface area contributed by atoms with Crippen molar-refractivity contribution < 1.29 is 18.0 Å². The molecule has 2 fully saturated rings. The fraction of sp³-hybridized carbons (Fsp3) is 0.625. The number of carbonyl (C=O) groups is 1. The zero-order valence-electron chi connectivity index (χ0n) is 13.0. The number of alkyl halides is 3. The van der Waals surface area contributed by atoms with Crippen LogP contribution in [-0.2, 0) is 11.0 Å². The summed E-state index contributed by atoms with van der Waals surface area (Å²) >= 11 is 0. The summed E-state index contributed by atoms with van der Waals surface area (Å²) in [4.78, 5) is 19.5. The normalized spacial score (nSPS) is 22.1. The highest BCUT2D eigenvalue weighted by Gasteiger charge is 2.36.